The molecular weight excluding hydrogens is 1010 g/mol. The molecule has 2 saturated heterocycles. The number of carbonyl (C=O) groups is 6. The van der Waals surface area contributed by atoms with Crippen LogP contribution in [0.25, 0.3) is 0 Å². The molecule has 2 aromatic rings. The fraction of sp³-hybridized carbons (Fsp3) is 0.654. The van der Waals surface area contributed by atoms with Crippen molar-refractivity contribution in [3.8, 4) is 0 Å². The third-order valence-corrected chi connectivity index (χ3v) is 13.7. The molecule has 2 aliphatic rings. The average molecular weight is 1090 g/mol. The van der Waals surface area contributed by atoms with Crippen LogP contribution < -0.4 is 31.9 Å². The second kappa shape index (κ2) is 34.7. The number of nitrogens with one attached hydrogen (secondary N) is 2. The smallest absolute Gasteiger partial charge is 0.323 e. The Morgan fingerprint density at radius 2 is 0.833 bits per heavy atom. The number of alkyl halides is 4. The fourth-order valence-electron chi connectivity index (χ4n) is 8.92. The lowest BCUT2D eigenvalue weighted by molar-refractivity contribution is -0.149. The monoisotopic (exact) mass is 1080 g/mol. The van der Waals surface area contributed by atoms with Gasteiger partial charge in [-0.1, -0.05) is 88.5 Å². The Morgan fingerprint density at radius 3 is 1.14 bits per heavy atom. The van der Waals surface area contributed by atoms with Crippen LogP contribution in [0.4, 0.5) is 11.4 Å². The van der Waals surface area contributed by atoms with Gasteiger partial charge in [0, 0.05) is 61.1 Å². The molecule has 4 rings (SSSR count). The van der Waals surface area contributed by atoms with E-state index in [1.165, 1.54) is 38.5 Å². The van der Waals surface area contributed by atoms with Crippen molar-refractivity contribution in [2.75, 3.05) is 98.9 Å². The predicted octanol–water partition coefficient (Wildman–Crippen LogP) is 5.90. The minimum Gasteiger partial charge on any atom is -0.463 e. The van der Waals surface area contributed by atoms with Crippen LogP contribution in [-0.4, -0.2) is 159 Å². The molecule has 16 nitrogen and oxygen atoms in total. The van der Waals surface area contributed by atoms with E-state index in [1.54, 1.807) is 0 Å². The lowest BCUT2D eigenvalue weighted by Crippen LogP contribution is -2.41. The van der Waals surface area contributed by atoms with Crippen LogP contribution in [0.5, 0.6) is 0 Å². The molecule has 0 bridgehead atoms. The number of hydrogen-bond acceptors (Lipinski definition) is 14. The standard InChI is InChI=1S/C52H78Cl4N8O8/c53-21-27-61(28-22-54)41-17-13-39(14-18-41)35-43(57)51(69)71-33-31-63-47(65)37-45(49(63)67)59-25-11-9-7-5-3-1-2-4-6-8-10-12-26-60-46-38-48(66)64(50(46)68)32-34-72-52(70)44(58)36-40-15-19-42(20-16-40)62(29-23-55)30-24-56/h13-20,43-46,59-60H,1-12,21-38,57-58H2/t43-,44-,45?,46?/m0/s1. The molecule has 72 heavy (non-hydrogen) atoms. The van der Waals surface area contributed by atoms with E-state index in [4.69, 9.17) is 67.3 Å². The van der Waals surface area contributed by atoms with Crippen molar-refractivity contribution in [3.63, 3.8) is 0 Å². The number of nitrogens with zero attached hydrogens (tertiary/aromatic N) is 4. The van der Waals surface area contributed by atoms with Gasteiger partial charge in [-0.05, 0) is 74.2 Å². The van der Waals surface area contributed by atoms with Crippen molar-refractivity contribution in [2.24, 2.45) is 11.5 Å². The van der Waals surface area contributed by atoms with Gasteiger partial charge < -0.3 is 41.4 Å². The van der Waals surface area contributed by atoms with Crippen molar-refractivity contribution < 1.29 is 38.2 Å². The van der Waals surface area contributed by atoms with Crippen LogP contribution in [-0.2, 0) is 51.1 Å². The van der Waals surface area contributed by atoms with Crippen LogP contribution in [0.2, 0.25) is 0 Å². The van der Waals surface area contributed by atoms with Crippen LogP contribution >= 0.6 is 46.4 Å². The molecule has 2 unspecified atom stereocenters. The number of ether oxygens (including phenoxy) is 2. The molecule has 2 aromatic carbocycles. The summed E-state index contributed by atoms with van der Waals surface area (Å²) in [5.41, 5.74) is 16.0. The number of anilines is 2. The molecule has 0 radical (unpaired) electrons. The molecule has 2 fully saturated rings. The summed E-state index contributed by atoms with van der Waals surface area (Å²) in [6.45, 7) is 3.78. The number of unbranched alkanes of at least 4 members (excludes halogenated alkanes) is 11. The maximum absolute atomic E-state index is 12.9. The predicted molar refractivity (Wildman–Crippen MR) is 287 cm³/mol. The number of likely N-dealkylation sites (tertiary alicyclic amines) is 2. The summed E-state index contributed by atoms with van der Waals surface area (Å²) in [4.78, 5) is 82.7. The highest BCUT2D eigenvalue weighted by molar-refractivity contribution is 6.19. The summed E-state index contributed by atoms with van der Waals surface area (Å²) in [6, 6.07) is 12.5. The highest BCUT2D eigenvalue weighted by atomic mass is 35.5. The van der Waals surface area contributed by atoms with Gasteiger partial charge in [0.25, 0.3) is 0 Å². The van der Waals surface area contributed by atoms with E-state index in [0.717, 1.165) is 70.8 Å². The Labute approximate surface area is 446 Å². The maximum Gasteiger partial charge on any atom is 0.323 e. The van der Waals surface area contributed by atoms with Crippen molar-refractivity contribution in [2.45, 2.75) is 127 Å². The van der Waals surface area contributed by atoms with Gasteiger partial charge in [-0.25, -0.2) is 0 Å². The largest absolute Gasteiger partial charge is 0.463 e. The van der Waals surface area contributed by atoms with Crippen LogP contribution in [0.1, 0.15) is 101 Å². The topological polar surface area (TPSA) is 210 Å². The van der Waals surface area contributed by atoms with Crippen LogP contribution in [0.15, 0.2) is 48.5 Å². The third-order valence-electron chi connectivity index (χ3n) is 13.0. The van der Waals surface area contributed by atoms with Crippen LogP contribution in [0, 0.1) is 0 Å². The Balaban J connectivity index is 0.936. The molecule has 20 heteroatoms. The normalized spacial score (nSPS) is 16.7. The van der Waals surface area contributed by atoms with Crippen molar-refractivity contribution in [1.29, 1.82) is 0 Å². The molecule has 0 saturated carbocycles. The first-order valence-electron chi connectivity index (χ1n) is 25.8. The summed E-state index contributed by atoms with van der Waals surface area (Å²) in [6.07, 6.45) is 14.1. The van der Waals surface area contributed by atoms with Crippen molar-refractivity contribution in [3.05, 3.63) is 59.7 Å². The van der Waals surface area contributed by atoms with E-state index in [1.807, 2.05) is 48.5 Å². The summed E-state index contributed by atoms with van der Waals surface area (Å²) < 4.78 is 10.7. The Bertz CT molecular complexity index is 1800. The molecule has 2 aliphatic heterocycles. The quantitative estimate of drug-likeness (QED) is 0.0266. The zero-order valence-corrected chi connectivity index (χ0v) is 44.9. The van der Waals surface area contributed by atoms with E-state index in [-0.39, 0.29) is 75.6 Å². The number of rotatable bonds is 39. The number of amides is 4. The van der Waals surface area contributed by atoms with E-state index in [2.05, 4.69) is 20.4 Å². The summed E-state index contributed by atoms with van der Waals surface area (Å²) >= 11 is 23.7. The van der Waals surface area contributed by atoms with Gasteiger partial charge in [-0.3, -0.25) is 38.6 Å². The van der Waals surface area contributed by atoms with Gasteiger partial charge in [-0.2, -0.15) is 0 Å². The minimum absolute atomic E-state index is 0.00159. The number of benzene rings is 2. The van der Waals surface area contributed by atoms with Gasteiger partial charge in [-0.15, -0.1) is 46.4 Å². The lowest BCUT2D eigenvalue weighted by atomic mass is 10.0. The second-order valence-corrected chi connectivity index (χ2v) is 20.0. The number of nitrogens with two attached hydrogens (primary N) is 2. The summed E-state index contributed by atoms with van der Waals surface area (Å²) in [5.74, 6) is -0.390. The zero-order valence-electron chi connectivity index (χ0n) is 41.9. The Kier molecular flexibility index (Phi) is 29.3. The highest BCUT2D eigenvalue weighted by Gasteiger charge is 2.39. The number of imide groups is 2. The molecule has 0 spiro atoms. The number of halogens is 4. The molecule has 6 N–H and O–H groups in total. The average Bonchev–Trinajstić information content (AvgIpc) is 3.80. The SMILES string of the molecule is N[C@@H](Cc1ccc(N(CCCl)CCCl)cc1)C(=O)OCCN1C(=O)CC(NCCCCCCCCCCCCCCNC2CC(=O)N(CCOC(=O)[C@@H](N)Cc3ccc(N(CCCl)CCCl)cc3)C2=O)C1=O. The first-order valence-corrected chi connectivity index (χ1v) is 28.0. The number of hydrogen-bond donors (Lipinski definition) is 4. The van der Waals surface area contributed by atoms with Gasteiger partial charge in [0.2, 0.25) is 23.6 Å². The van der Waals surface area contributed by atoms with E-state index in [9.17, 15) is 28.8 Å². The first kappa shape index (κ1) is 60.8. The van der Waals surface area contributed by atoms with E-state index in [0.29, 0.717) is 62.8 Å². The maximum atomic E-state index is 12.9. The molecule has 4 amide bonds. The van der Waals surface area contributed by atoms with Gasteiger partial charge in [0.1, 0.15) is 25.3 Å². The first-order chi connectivity index (χ1) is 34.9. The molecule has 0 aromatic heterocycles. The van der Waals surface area contributed by atoms with Gasteiger partial charge >= 0.3 is 11.9 Å². The molecule has 0 aliphatic carbocycles. The summed E-state index contributed by atoms with van der Waals surface area (Å²) in [5, 5.41) is 6.47. The van der Waals surface area contributed by atoms with Gasteiger partial charge in [0.05, 0.1) is 38.0 Å². The summed E-state index contributed by atoms with van der Waals surface area (Å²) in [7, 11) is 0. The third kappa shape index (κ3) is 21.2. The highest BCUT2D eigenvalue weighted by Crippen LogP contribution is 2.20. The molecule has 2 heterocycles. The van der Waals surface area contributed by atoms with E-state index >= 15 is 0 Å². The molecule has 402 valence electrons. The van der Waals surface area contributed by atoms with Crippen LogP contribution in [0.3, 0.4) is 0 Å². The van der Waals surface area contributed by atoms with E-state index < -0.39 is 36.1 Å². The number of carbonyl (C=O) groups excluding carboxylic acids is 6. The molecule has 4 atom stereocenters. The second-order valence-electron chi connectivity index (χ2n) is 18.5. The van der Waals surface area contributed by atoms with Crippen molar-refractivity contribution in [1.82, 2.24) is 20.4 Å². The lowest BCUT2D eigenvalue weighted by Gasteiger charge is -2.23. The van der Waals surface area contributed by atoms with Gasteiger partial charge in [0.15, 0.2) is 0 Å². The zero-order chi connectivity index (χ0) is 52.1. The molecular formula is C52H78Cl4N8O8. The number of esters is 2. The fourth-order valence-corrected chi connectivity index (χ4v) is 9.74. The van der Waals surface area contributed by atoms with Crippen molar-refractivity contribution >= 4 is 93.3 Å². The Hall–Kier alpha value is -3.74. The minimum atomic E-state index is -0.881. The Morgan fingerprint density at radius 1 is 0.528 bits per heavy atom.